The predicted octanol–water partition coefficient (Wildman–Crippen LogP) is 3.40. The number of nitriles is 1. The fourth-order valence-corrected chi connectivity index (χ4v) is 0.707. The largest absolute Gasteiger partial charge is 0.269 e. The summed E-state index contributed by atoms with van der Waals surface area (Å²) in [5, 5.41) is 8.54. The lowest BCUT2D eigenvalue weighted by atomic mass is 10.1. The Morgan fingerprint density at radius 2 is 1.79 bits per heavy atom. The molecular formula is C12H16N2. The highest BCUT2D eigenvalue weighted by Crippen LogP contribution is 2.08. The number of allylic oxidation sites excluding steroid dienone is 5. The van der Waals surface area contributed by atoms with Gasteiger partial charge >= 0.3 is 0 Å². The summed E-state index contributed by atoms with van der Waals surface area (Å²) in [6, 6.07) is 2.07. The number of nitrogens with zero attached hydrogens (tertiary/aromatic N) is 2. The Balaban J connectivity index is 4.63. The van der Waals surface area contributed by atoms with Crippen LogP contribution in [0.4, 0.5) is 0 Å². The second kappa shape index (κ2) is 6.85. The molecule has 0 saturated carbocycles. The Morgan fingerprint density at radius 1 is 1.14 bits per heavy atom. The first-order valence-corrected chi connectivity index (χ1v) is 4.52. The van der Waals surface area contributed by atoms with Crippen LogP contribution in [-0.2, 0) is 0 Å². The van der Waals surface area contributed by atoms with Crippen LogP contribution in [-0.4, -0.2) is 6.21 Å². The molecule has 0 amide bonds. The molecule has 0 saturated heterocycles. The monoisotopic (exact) mass is 188 g/mol. The molecule has 0 aliphatic rings. The van der Waals surface area contributed by atoms with Crippen molar-refractivity contribution in [2.75, 3.05) is 0 Å². The zero-order valence-corrected chi connectivity index (χ0v) is 9.20. The lowest BCUT2D eigenvalue weighted by Gasteiger charge is -1.97. The summed E-state index contributed by atoms with van der Waals surface area (Å²) in [4.78, 5) is 4.03. The second-order valence-corrected chi connectivity index (χ2v) is 3.03. The first-order valence-electron chi connectivity index (χ1n) is 4.52. The molecule has 0 bridgehead atoms. The predicted molar refractivity (Wildman–Crippen MR) is 61.1 cm³/mol. The average molecular weight is 188 g/mol. The van der Waals surface area contributed by atoms with Crippen LogP contribution in [0.1, 0.15) is 27.7 Å². The molecule has 0 fully saturated rings. The van der Waals surface area contributed by atoms with Crippen LogP contribution < -0.4 is 0 Å². The maximum Gasteiger partial charge on any atom is 0.0944 e. The third-order valence-electron chi connectivity index (χ3n) is 1.80. The molecule has 2 heteroatoms. The molecule has 0 atom stereocenters. The van der Waals surface area contributed by atoms with Crippen molar-refractivity contribution >= 4 is 6.21 Å². The second-order valence-electron chi connectivity index (χ2n) is 3.03. The van der Waals surface area contributed by atoms with Gasteiger partial charge in [-0.3, -0.25) is 4.99 Å². The summed E-state index contributed by atoms with van der Waals surface area (Å²) < 4.78 is 0. The summed E-state index contributed by atoms with van der Waals surface area (Å²) in [5.74, 6) is 0. The van der Waals surface area contributed by atoms with Gasteiger partial charge in [0.25, 0.3) is 0 Å². The highest BCUT2D eigenvalue weighted by atomic mass is 14.7. The number of hydrogen-bond donors (Lipinski definition) is 0. The molecule has 14 heavy (non-hydrogen) atoms. The summed E-state index contributed by atoms with van der Waals surface area (Å²) in [6.07, 6.45) is 7.28. The molecule has 0 aliphatic heterocycles. The molecule has 0 unspecified atom stereocenters. The highest BCUT2D eigenvalue weighted by Gasteiger charge is 1.90. The number of rotatable bonds is 3. The highest BCUT2D eigenvalue weighted by molar-refractivity contribution is 5.54. The molecule has 0 heterocycles. The topological polar surface area (TPSA) is 36.1 Å². The van der Waals surface area contributed by atoms with Gasteiger partial charge in [0, 0.05) is 18.0 Å². The van der Waals surface area contributed by atoms with E-state index in [4.69, 9.17) is 5.26 Å². The maximum atomic E-state index is 8.54. The van der Waals surface area contributed by atoms with E-state index in [9.17, 15) is 0 Å². The van der Waals surface area contributed by atoms with Gasteiger partial charge in [0.2, 0.25) is 0 Å². The van der Waals surface area contributed by atoms with Gasteiger partial charge in [-0.2, -0.15) is 5.26 Å². The van der Waals surface area contributed by atoms with Crippen molar-refractivity contribution in [1.29, 1.82) is 5.26 Å². The Kier molecular flexibility index (Phi) is 6.06. The van der Waals surface area contributed by atoms with Crippen LogP contribution in [0, 0.1) is 11.3 Å². The quantitative estimate of drug-likeness (QED) is 0.380. The standard InChI is InChI=1S/C12H16N2/c1-5-14-9-12(4)11(3)7-6-10(2)8-13/h5-7,9H,1-4H3. The molecule has 0 aromatic rings. The van der Waals surface area contributed by atoms with Gasteiger partial charge in [-0.25, -0.2) is 0 Å². The normalized spacial score (nSPS) is 14.6. The van der Waals surface area contributed by atoms with Gasteiger partial charge in [0.05, 0.1) is 6.07 Å². The minimum Gasteiger partial charge on any atom is -0.269 e. The van der Waals surface area contributed by atoms with E-state index in [1.807, 2.05) is 32.9 Å². The first-order chi connectivity index (χ1) is 6.61. The third-order valence-corrected chi connectivity index (χ3v) is 1.80. The Labute approximate surface area is 86.0 Å². The van der Waals surface area contributed by atoms with Gasteiger partial charge in [0.15, 0.2) is 0 Å². The van der Waals surface area contributed by atoms with Crippen molar-refractivity contribution < 1.29 is 0 Å². The van der Waals surface area contributed by atoms with Crippen molar-refractivity contribution in [2.45, 2.75) is 27.7 Å². The summed E-state index contributed by atoms with van der Waals surface area (Å²) >= 11 is 0. The van der Waals surface area contributed by atoms with Crippen molar-refractivity contribution in [3.05, 3.63) is 35.1 Å². The lowest BCUT2D eigenvalue weighted by Crippen LogP contribution is -1.78. The van der Waals surface area contributed by atoms with Crippen molar-refractivity contribution in [3.63, 3.8) is 0 Å². The van der Waals surface area contributed by atoms with Crippen LogP contribution >= 0.6 is 0 Å². The van der Waals surface area contributed by atoms with Crippen LogP contribution in [0.3, 0.4) is 0 Å². The van der Waals surface area contributed by atoms with Gasteiger partial charge in [-0.05, 0) is 44.9 Å². The smallest absolute Gasteiger partial charge is 0.0944 e. The molecule has 74 valence electrons. The molecule has 0 aliphatic carbocycles. The SMILES string of the molecule is CC=NC=C(C)C(C)=CC=C(C)C#N. The van der Waals surface area contributed by atoms with Crippen LogP contribution in [0.5, 0.6) is 0 Å². The number of aliphatic imine (C=N–C) groups is 1. The van der Waals surface area contributed by atoms with Crippen LogP contribution in [0.25, 0.3) is 0 Å². The number of hydrogen-bond acceptors (Lipinski definition) is 2. The third kappa shape index (κ3) is 5.10. The van der Waals surface area contributed by atoms with Crippen molar-refractivity contribution in [3.8, 4) is 6.07 Å². The van der Waals surface area contributed by atoms with E-state index in [1.54, 1.807) is 19.3 Å². The van der Waals surface area contributed by atoms with E-state index < -0.39 is 0 Å². The lowest BCUT2D eigenvalue weighted by molar-refractivity contribution is 1.30. The summed E-state index contributed by atoms with van der Waals surface area (Å²) in [7, 11) is 0. The van der Waals surface area contributed by atoms with E-state index in [-0.39, 0.29) is 0 Å². The summed E-state index contributed by atoms with van der Waals surface area (Å²) in [5.41, 5.74) is 2.92. The van der Waals surface area contributed by atoms with Gasteiger partial charge in [-0.1, -0.05) is 6.08 Å². The van der Waals surface area contributed by atoms with Crippen LogP contribution in [0.2, 0.25) is 0 Å². The minimum atomic E-state index is 0.705. The zero-order valence-electron chi connectivity index (χ0n) is 9.20. The Morgan fingerprint density at radius 3 is 2.29 bits per heavy atom. The maximum absolute atomic E-state index is 8.54. The van der Waals surface area contributed by atoms with E-state index in [0.29, 0.717) is 5.57 Å². The average Bonchev–Trinajstić information content (AvgIpc) is 2.21. The molecule has 2 nitrogen and oxygen atoms in total. The zero-order chi connectivity index (χ0) is 11.0. The summed E-state index contributed by atoms with van der Waals surface area (Å²) in [6.45, 7) is 7.65. The van der Waals surface area contributed by atoms with E-state index in [0.717, 1.165) is 11.1 Å². The molecule has 0 rings (SSSR count). The van der Waals surface area contributed by atoms with Gasteiger partial charge < -0.3 is 0 Å². The minimum absolute atomic E-state index is 0.705. The molecule has 0 spiro atoms. The van der Waals surface area contributed by atoms with E-state index >= 15 is 0 Å². The van der Waals surface area contributed by atoms with Crippen molar-refractivity contribution in [2.24, 2.45) is 4.99 Å². The van der Waals surface area contributed by atoms with Gasteiger partial charge in [0.1, 0.15) is 0 Å². The van der Waals surface area contributed by atoms with Gasteiger partial charge in [-0.15, -0.1) is 0 Å². The van der Waals surface area contributed by atoms with Crippen LogP contribution in [0.15, 0.2) is 40.1 Å². The molecule has 0 N–H and O–H groups in total. The molecule has 0 aromatic heterocycles. The fraction of sp³-hybridized carbons (Fsp3) is 0.333. The van der Waals surface area contributed by atoms with Crippen molar-refractivity contribution in [1.82, 2.24) is 0 Å². The molecule has 0 radical (unpaired) electrons. The first kappa shape index (κ1) is 12.4. The Hall–Kier alpha value is -1.62. The Bertz CT molecular complexity index is 336. The van der Waals surface area contributed by atoms with E-state index in [1.165, 1.54) is 0 Å². The molecular weight excluding hydrogens is 172 g/mol. The van der Waals surface area contributed by atoms with E-state index in [2.05, 4.69) is 11.1 Å². The fourth-order valence-electron chi connectivity index (χ4n) is 0.707. The molecule has 0 aromatic carbocycles.